The molecule has 2 heterocycles. The topological polar surface area (TPSA) is 75.7 Å². The van der Waals surface area contributed by atoms with Crippen molar-refractivity contribution < 1.29 is 19.1 Å². The van der Waals surface area contributed by atoms with Gasteiger partial charge in [-0.2, -0.15) is 0 Å². The van der Waals surface area contributed by atoms with E-state index < -0.39 is 12.1 Å². The van der Waals surface area contributed by atoms with Crippen molar-refractivity contribution in [1.29, 1.82) is 0 Å². The summed E-state index contributed by atoms with van der Waals surface area (Å²) in [5, 5.41) is 2.88. The normalized spacial score (nSPS) is 21.2. The Morgan fingerprint density at radius 2 is 1.90 bits per heavy atom. The second-order valence-corrected chi connectivity index (χ2v) is 7.62. The van der Waals surface area contributed by atoms with Crippen molar-refractivity contribution in [2.45, 2.75) is 31.0 Å². The lowest BCUT2D eigenvalue weighted by Crippen LogP contribution is -2.53. The number of carbonyl (C=O) groups excluding carboxylic acids is 3. The van der Waals surface area contributed by atoms with Gasteiger partial charge >= 0.3 is 0 Å². The molecule has 30 heavy (non-hydrogen) atoms. The van der Waals surface area contributed by atoms with Crippen LogP contribution in [-0.4, -0.2) is 53.8 Å². The van der Waals surface area contributed by atoms with Gasteiger partial charge in [0.05, 0.1) is 6.10 Å². The van der Waals surface area contributed by atoms with Gasteiger partial charge in [0, 0.05) is 18.5 Å². The maximum Gasteiger partial charge on any atom is 0.251 e. The number of nitrogens with zero attached hydrogens (tertiary/aromatic N) is 1. The molecule has 2 amide bonds. The van der Waals surface area contributed by atoms with Gasteiger partial charge in [-0.25, -0.2) is 0 Å². The van der Waals surface area contributed by atoms with E-state index in [0.717, 1.165) is 11.1 Å². The highest BCUT2D eigenvalue weighted by atomic mass is 16.5. The summed E-state index contributed by atoms with van der Waals surface area (Å²) in [7, 11) is 0. The Morgan fingerprint density at radius 1 is 1.17 bits per heavy atom. The van der Waals surface area contributed by atoms with Crippen LogP contribution in [0.3, 0.4) is 0 Å². The molecular weight excluding hydrogens is 380 g/mol. The fourth-order valence-corrected chi connectivity index (χ4v) is 4.10. The first kappa shape index (κ1) is 20.0. The molecule has 3 atom stereocenters. The second kappa shape index (κ2) is 8.63. The minimum absolute atomic E-state index is 0.0461. The molecule has 0 bridgehead atoms. The number of benzene rings is 2. The molecule has 0 radical (unpaired) electrons. The van der Waals surface area contributed by atoms with Crippen LogP contribution in [-0.2, 0) is 20.7 Å². The Hall–Kier alpha value is -3.25. The number of nitrogens with one attached hydrogen (secondary N) is 1. The summed E-state index contributed by atoms with van der Waals surface area (Å²) in [6.07, 6.45) is 2.45. The fourth-order valence-electron chi connectivity index (χ4n) is 4.10. The summed E-state index contributed by atoms with van der Waals surface area (Å²) < 4.78 is 5.50. The minimum atomic E-state index is -0.772. The van der Waals surface area contributed by atoms with Crippen molar-refractivity contribution in [3.8, 4) is 0 Å². The second-order valence-electron chi connectivity index (χ2n) is 7.62. The molecule has 1 N–H and O–H groups in total. The standard InChI is InChI=1S/C24H24N2O4/c1-2-16-8-10-18(11-9-16)23(28)25-19(14-17-6-4-3-5-7-17)24(29)26-13-12-21-22(26)20(27)15-30-21/h2-11,19,21-22H,1,12-15H2,(H,25,28). The first-order chi connectivity index (χ1) is 14.6. The molecule has 154 valence electrons. The third-order valence-electron chi connectivity index (χ3n) is 5.69. The molecule has 0 aliphatic carbocycles. The smallest absolute Gasteiger partial charge is 0.251 e. The van der Waals surface area contributed by atoms with Crippen LogP contribution in [0.1, 0.15) is 27.9 Å². The molecule has 2 saturated heterocycles. The van der Waals surface area contributed by atoms with E-state index in [-0.39, 0.29) is 30.3 Å². The maximum atomic E-state index is 13.4. The van der Waals surface area contributed by atoms with Gasteiger partial charge in [-0.1, -0.05) is 55.1 Å². The van der Waals surface area contributed by atoms with Gasteiger partial charge in [0.15, 0.2) is 5.78 Å². The fraction of sp³-hybridized carbons (Fsp3) is 0.292. The summed E-state index contributed by atoms with van der Waals surface area (Å²) in [5.74, 6) is -0.651. The lowest BCUT2D eigenvalue weighted by Gasteiger charge is -2.27. The number of likely N-dealkylation sites (tertiary alicyclic amines) is 1. The minimum Gasteiger partial charge on any atom is -0.368 e. The number of ether oxygens (including phenoxy) is 1. The zero-order valence-electron chi connectivity index (χ0n) is 16.6. The Bertz CT molecular complexity index is 955. The molecule has 2 aliphatic heterocycles. The number of ketones is 1. The molecule has 4 rings (SSSR count). The SMILES string of the molecule is C=Cc1ccc(C(=O)NC(Cc2ccccc2)C(=O)N2CCC3OCC(=O)C32)cc1. The van der Waals surface area contributed by atoms with Crippen molar-refractivity contribution >= 4 is 23.7 Å². The summed E-state index contributed by atoms with van der Waals surface area (Å²) in [4.78, 5) is 40.1. The number of hydrogen-bond donors (Lipinski definition) is 1. The van der Waals surface area contributed by atoms with Gasteiger partial charge in [0.25, 0.3) is 5.91 Å². The molecule has 0 spiro atoms. The zero-order chi connectivity index (χ0) is 21.1. The number of Topliss-reactive ketones (excluding diaryl/α,β-unsaturated/α-hetero) is 1. The van der Waals surface area contributed by atoms with Crippen molar-refractivity contribution in [3.63, 3.8) is 0 Å². The highest BCUT2D eigenvalue weighted by Gasteiger charge is 2.48. The van der Waals surface area contributed by atoms with Crippen LogP contribution in [0.2, 0.25) is 0 Å². The molecule has 2 fully saturated rings. The third-order valence-corrected chi connectivity index (χ3v) is 5.69. The molecule has 0 aromatic heterocycles. The molecule has 2 aromatic carbocycles. The van der Waals surface area contributed by atoms with Crippen molar-refractivity contribution in [3.05, 3.63) is 77.9 Å². The molecule has 6 heteroatoms. The summed E-state index contributed by atoms with van der Waals surface area (Å²) in [6, 6.07) is 15.2. The number of rotatable bonds is 6. The van der Waals surface area contributed by atoms with E-state index in [2.05, 4.69) is 11.9 Å². The van der Waals surface area contributed by atoms with Crippen LogP contribution >= 0.6 is 0 Å². The number of carbonyl (C=O) groups is 3. The van der Waals surface area contributed by atoms with Crippen LogP contribution in [0, 0.1) is 0 Å². The van der Waals surface area contributed by atoms with E-state index in [1.807, 2.05) is 30.3 Å². The van der Waals surface area contributed by atoms with Gasteiger partial charge in [-0.15, -0.1) is 0 Å². The Balaban J connectivity index is 1.55. The molecule has 3 unspecified atom stereocenters. The lowest BCUT2D eigenvalue weighted by molar-refractivity contribution is -0.138. The van der Waals surface area contributed by atoms with E-state index in [0.29, 0.717) is 24.9 Å². The zero-order valence-corrected chi connectivity index (χ0v) is 16.6. The van der Waals surface area contributed by atoms with Gasteiger partial charge in [0.2, 0.25) is 5.91 Å². The van der Waals surface area contributed by atoms with Gasteiger partial charge in [-0.05, 0) is 29.7 Å². The van der Waals surface area contributed by atoms with E-state index in [4.69, 9.17) is 4.74 Å². The summed E-state index contributed by atoms with van der Waals surface area (Å²) >= 11 is 0. The molecule has 6 nitrogen and oxygen atoms in total. The molecular formula is C24H24N2O4. The predicted molar refractivity (Wildman–Crippen MR) is 113 cm³/mol. The van der Waals surface area contributed by atoms with Crippen LogP contribution in [0.25, 0.3) is 6.08 Å². The van der Waals surface area contributed by atoms with Gasteiger partial charge < -0.3 is 15.0 Å². The number of hydrogen-bond acceptors (Lipinski definition) is 4. The van der Waals surface area contributed by atoms with Crippen molar-refractivity contribution in [2.24, 2.45) is 0 Å². The van der Waals surface area contributed by atoms with Crippen molar-refractivity contribution in [2.75, 3.05) is 13.2 Å². The van der Waals surface area contributed by atoms with E-state index in [1.165, 1.54) is 0 Å². The number of amides is 2. The van der Waals surface area contributed by atoms with Crippen LogP contribution in [0.15, 0.2) is 61.2 Å². The van der Waals surface area contributed by atoms with Crippen LogP contribution < -0.4 is 5.32 Å². The average Bonchev–Trinajstić information content (AvgIpc) is 3.36. The Labute approximate surface area is 175 Å². The highest BCUT2D eigenvalue weighted by Crippen LogP contribution is 2.28. The molecule has 2 aromatic rings. The quantitative estimate of drug-likeness (QED) is 0.801. The van der Waals surface area contributed by atoms with Gasteiger partial charge in [0.1, 0.15) is 18.7 Å². The van der Waals surface area contributed by atoms with E-state index in [9.17, 15) is 14.4 Å². The Morgan fingerprint density at radius 3 is 2.60 bits per heavy atom. The summed E-state index contributed by atoms with van der Waals surface area (Å²) in [6.45, 7) is 4.21. The van der Waals surface area contributed by atoms with Crippen LogP contribution in [0.5, 0.6) is 0 Å². The predicted octanol–water partition coefficient (Wildman–Crippen LogP) is 2.24. The van der Waals surface area contributed by atoms with Gasteiger partial charge in [-0.3, -0.25) is 14.4 Å². The lowest BCUT2D eigenvalue weighted by atomic mass is 10.0. The van der Waals surface area contributed by atoms with E-state index >= 15 is 0 Å². The monoisotopic (exact) mass is 404 g/mol. The average molecular weight is 404 g/mol. The maximum absolute atomic E-state index is 13.4. The highest BCUT2D eigenvalue weighted by molar-refractivity contribution is 5.99. The first-order valence-corrected chi connectivity index (χ1v) is 10.1. The third kappa shape index (κ3) is 4.04. The molecule has 0 saturated carbocycles. The van der Waals surface area contributed by atoms with E-state index in [1.54, 1.807) is 35.2 Å². The number of fused-ring (bicyclic) bond motifs is 1. The first-order valence-electron chi connectivity index (χ1n) is 10.1. The molecule has 2 aliphatic rings. The Kier molecular flexibility index (Phi) is 5.77. The van der Waals surface area contributed by atoms with Crippen molar-refractivity contribution in [1.82, 2.24) is 10.2 Å². The van der Waals surface area contributed by atoms with Crippen LogP contribution in [0.4, 0.5) is 0 Å². The summed E-state index contributed by atoms with van der Waals surface area (Å²) in [5.41, 5.74) is 2.31. The largest absolute Gasteiger partial charge is 0.368 e.